The molecule has 36 heavy (non-hydrogen) atoms. The van der Waals surface area contributed by atoms with Gasteiger partial charge < -0.3 is 48.9 Å². The fraction of sp³-hybridized carbons (Fsp3) is 0.667. The molecular formula is C18H32F3N7O8. The van der Waals surface area contributed by atoms with Gasteiger partial charge >= 0.3 is 24.1 Å². The zero-order valence-electron chi connectivity index (χ0n) is 19.2. The Morgan fingerprint density at radius 1 is 0.861 bits per heavy atom. The van der Waals surface area contributed by atoms with Crippen molar-refractivity contribution >= 4 is 35.7 Å². The number of alkyl halides is 3. The van der Waals surface area contributed by atoms with Crippen LogP contribution < -0.4 is 33.6 Å². The number of guanidine groups is 1. The number of rotatable bonds is 15. The van der Waals surface area contributed by atoms with Gasteiger partial charge in [0.05, 0.1) is 12.5 Å². The first-order valence-corrected chi connectivity index (χ1v) is 10.4. The van der Waals surface area contributed by atoms with Gasteiger partial charge in [-0.2, -0.15) is 13.2 Å². The van der Waals surface area contributed by atoms with Crippen molar-refractivity contribution in [2.75, 3.05) is 13.1 Å². The topological polar surface area (TPSA) is 287 Å². The summed E-state index contributed by atoms with van der Waals surface area (Å²) in [6, 6.07) is -3.63. The molecule has 0 aromatic carbocycles. The summed E-state index contributed by atoms with van der Waals surface area (Å²) in [5.41, 5.74) is 21.6. The summed E-state index contributed by atoms with van der Waals surface area (Å²) in [7, 11) is 0. The van der Waals surface area contributed by atoms with Gasteiger partial charge in [-0.1, -0.05) is 0 Å². The van der Waals surface area contributed by atoms with E-state index in [1.807, 2.05) is 0 Å². The van der Waals surface area contributed by atoms with Crippen molar-refractivity contribution in [3.05, 3.63) is 0 Å². The van der Waals surface area contributed by atoms with Gasteiger partial charge in [-0.3, -0.25) is 19.4 Å². The highest BCUT2D eigenvalue weighted by molar-refractivity contribution is 5.92. The molecule has 0 spiro atoms. The predicted octanol–water partition coefficient (Wildman–Crippen LogP) is -2.34. The molecule has 0 bridgehead atoms. The Balaban J connectivity index is 0. The van der Waals surface area contributed by atoms with Crippen LogP contribution in [0, 0.1) is 0 Å². The van der Waals surface area contributed by atoms with Crippen LogP contribution in [0.1, 0.15) is 38.5 Å². The second-order valence-electron chi connectivity index (χ2n) is 7.20. The molecule has 0 rings (SSSR count). The van der Waals surface area contributed by atoms with E-state index >= 15 is 0 Å². The van der Waals surface area contributed by atoms with Gasteiger partial charge in [0.25, 0.3) is 0 Å². The monoisotopic (exact) mass is 531 g/mol. The molecule has 0 fully saturated rings. The number of halogens is 3. The minimum atomic E-state index is -5.08. The fourth-order valence-electron chi connectivity index (χ4n) is 2.34. The Morgan fingerprint density at radius 2 is 1.39 bits per heavy atom. The zero-order valence-corrected chi connectivity index (χ0v) is 19.2. The number of aliphatic carboxylic acids is 3. The van der Waals surface area contributed by atoms with Crippen LogP contribution in [0.2, 0.25) is 0 Å². The molecule has 18 heteroatoms. The molecule has 0 aliphatic rings. The standard InChI is InChI=1S/C16H31N7O6.C2HF3O2/c17-6-2-1-5-10(14(27)23-11(15(28)29)8-12(24)25)22-13(26)9(18)4-3-7-21-16(19)20;3-2(4,5)1(6)7/h9-11H,1-8,17-18H2,(H,22,26)(H,23,27)(H,24,25)(H,28,29)(H4,19,20,21);(H,6,7)/t9-,10-,11-;/m0./s1. The molecule has 0 aromatic rings. The van der Waals surface area contributed by atoms with E-state index in [2.05, 4.69) is 15.6 Å². The number of carboxylic acids is 3. The Kier molecular flexibility index (Phi) is 17.0. The van der Waals surface area contributed by atoms with Gasteiger partial charge in [-0.05, 0) is 38.6 Å². The maximum absolute atomic E-state index is 12.4. The first-order chi connectivity index (χ1) is 16.5. The molecule has 0 saturated carbocycles. The molecule has 13 N–H and O–H groups in total. The van der Waals surface area contributed by atoms with Crippen molar-refractivity contribution in [2.24, 2.45) is 27.9 Å². The number of unbranched alkanes of at least 4 members (excludes halogenated alkanes) is 1. The molecule has 208 valence electrons. The summed E-state index contributed by atoms with van der Waals surface area (Å²) in [5, 5.41) is 29.6. The van der Waals surface area contributed by atoms with Gasteiger partial charge in [0, 0.05) is 6.54 Å². The molecular weight excluding hydrogens is 499 g/mol. The predicted molar refractivity (Wildman–Crippen MR) is 118 cm³/mol. The molecule has 0 aliphatic carbocycles. The third kappa shape index (κ3) is 17.8. The Bertz CT molecular complexity index is 776. The molecule has 0 heterocycles. The molecule has 0 unspecified atom stereocenters. The van der Waals surface area contributed by atoms with Crippen LogP contribution in [0.15, 0.2) is 4.99 Å². The van der Waals surface area contributed by atoms with Gasteiger partial charge in [-0.25, -0.2) is 9.59 Å². The number of hydrogen-bond donors (Lipinski definition) is 9. The average molecular weight is 531 g/mol. The number of nitrogens with two attached hydrogens (primary N) is 4. The highest BCUT2D eigenvalue weighted by atomic mass is 19.4. The highest BCUT2D eigenvalue weighted by Crippen LogP contribution is 2.13. The SMILES string of the molecule is NCCCC[C@H](NC(=O)[C@@H](N)CCCN=C(N)N)C(=O)N[C@@H](CC(=O)O)C(=O)O.O=C(O)C(F)(F)F. The lowest BCUT2D eigenvalue weighted by molar-refractivity contribution is -0.192. The van der Waals surface area contributed by atoms with Gasteiger partial charge in [0.1, 0.15) is 12.1 Å². The van der Waals surface area contributed by atoms with E-state index in [-0.39, 0.29) is 18.8 Å². The van der Waals surface area contributed by atoms with Crippen LogP contribution in [0.3, 0.4) is 0 Å². The second kappa shape index (κ2) is 17.7. The lowest BCUT2D eigenvalue weighted by Crippen LogP contribution is -2.54. The van der Waals surface area contributed by atoms with E-state index < -0.39 is 60.4 Å². The van der Waals surface area contributed by atoms with E-state index in [0.717, 1.165) is 0 Å². The zero-order chi connectivity index (χ0) is 28.5. The maximum Gasteiger partial charge on any atom is 0.490 e. The third-order valence-corrected chi connectivity index (χ3v) is 4.12. The number of carbonyl (C=O) groups is 5. The molecule has 0 aromatic heterocycles. The molecule has 0 aliphatic heterocycles. The summed E-state index contributed by atoms with van der Waals surface area (Å²) < 4.78 is 31.7. The summed E-state index contributed by atoms with van der Waals surface area (Å²) in [4.78, 5) is 59.3. The van der Waals surface area contributed by atoms with Gasteiger partial charge in [0.2, 0.25) is 11.8 Å². The Hall–Kier alpha value is -3.67. The number of nitrogens with one attached hydrogen (secondary N) is 2. The lowest BCUT2D eigenvalue weighted by Gasteiger charge is -2.22. The molecule has 3 atom stereocenters. The molecule has 0 radical (unpaired) electrons. The van der Waals surface area contributed by atoms with E-state index in [1.54, 1.807) is 0 Å². The fourth-order valence-corrected chi connectivity index (χ4v) is 2.34. The first kappa shape index (κ1) is 34.5. The number of hydrogen-bond acceptors (Lipinski definition) is 8. The van der Waals surface area contributed by atoms with Crippen LogP contribution >= 0.6 is 0 Å². The minimum absolute atomic E-state index is 0.0750. The van der Waals surface area contributed by atoms with Gasteiger partial charge in [-0.15, -0.1) is 0 Å². The van der Waals surface area contributed by atoms with E-state index in [4.69, 9.17) is 43.0 Å². The molecule has 0 saturated heterocycles. The van der Waals surface area contributed by atoms with Crippen molar-refractivity contribution in [3.8, 4) is 0 Å². The van der Waals surface area contributed by atoms with Crippen molar-refractivity contribution in [3.63, 3.8) is 0 Å². The number of nitrogens with zero attached hydrogens (tertiary/aromatic N) is 1. The van der Waals surface area contributed by atoms with Crippen molar-refractivity contribution in [1.29, 1.82) is 0 Å². The summed E-state index contributed by atoms with van der Waals surface area (Å²) in [6.07, 6.45) is -3.91. The highest BCUT2D eigenvalue weighted by Gasteiger charge is 2.38. The van der Waals surface area contributed by atoms with Gasteiger partial charge in [0.15, 0.2) is 5.96 Å². The van der Waals surface area contributed by atoms with Crippen molar-refractivity contribution in [2.45, 2.75) is 62.8 Å². The number of aliphatic imine (C=N–C) groups is 1. The maximum atomic E-state index is 12.4. The average Bonchev–Trinajstić information content (AvgIpc) is 2.74. The Labute approximate surface area is 203 Å². The third-order valence-electron chi connectivity index (χ3n) is 4.12. The van der Waals surface area contributed by atoms with Crippen LogP contribution in [-0.2, 0) is 24.0 Å². The minimum Gasteiger partial charge on any atom is -0.481 e. The number of amides is 2. The van der Waals surface area contributed by atoms with E-state index in [0.29, 0.717) is 32.4 Å². The van der Waals surface area contributed by atoms with Crippen LogP contribution in [-0.4, -0.2) is 88.4 Å². The quantitative estimate of drug-likeness (QED) is 0.0610. The van der Waals surface area contributed by atoms with E-state index in [1.165, 1.54) is 0 Å². The normalized spacial score (nSPS) is 13.1. The second-order valence-corrected chi connectivity index (χ2v) is 7.20. The Morgan fingerprint density at radius 3 is 1.81 bits per heavy atom. The number of carboxylic acid groups (broad SMARTS) is 3. The molecule has 2 amide bonds. The van der Waals surface area contributed by atoms with Crippen molar-refractivity contribution in [1.82, 2.24) is 10.6 Å². The van der Waals surface area contributed by atoms with Crippen molar-refractivity contribution < 1.29 is 52.5 Å². The summed E-state index contributed by atoms with van der Waals surface area (Å²) in [5.74, 6) is -7.13. The van der Waals surface area contributed by atoms with Crippen LogP contribution in [0.4, 0.5) is 13.2 Å². The summed E-state index contributed by atoms with van der Waals surface area (Å²) >= 11 is 0. The number of carbonyl (C=O) groups excluding carboxylic acids is 2. The van der Waals surface area contributed by atoms with Crippen LogP contribution in [0.5, 0.6) is 0 Å². The smallest absolute Gasteiger partial charge is 0.481 e. The van der Waals surface area contributed by atoms with E-state index in [9.17, 15) is 32.3 Å². The largest absolute Gasteiger partial charge is 0.490 e. The first-order valence-electron chi connectivity index (χ1n) is 10.4. The van der Waals surface area contributed by atoms with Crippen LogP contribution in [0.25, 0.3) is 0 Å². The molecule has 15 nitrogen and oxygen atoms in total. The lowest BCUT2D eigenvalue weighted by atomic mass is 10.1. The summed E-state index contributed by atoms with van der Waals surface area (Å²) in [6.45, 7) is 0.669.